The standard InChI is InChI=1S/C64H67F4NO8S4/c1-38(2)46-19-16-20-47(39(3)4)53(46)34-43-26-30-50-55(36-43)77-56-37-44(35-54-48(40(5)6)21-17-22-49(54)41(7)8)27-31-51(56)58(50)52-18-12-13-23-57(52)79(70,71)69-80(72,73)64-61(67)59(65)63(60(66)62(64)68)78-33-15-11-10-14-32-76-81(74,75)45-28-24-42(9)25-29-45/h12-13,16-31,34,36-41,69H,10-11,14-15,32-33,35H2,1-9H3/b43-34+. The van der Waals surface area contributed by atoms with Gasteiger partial charge in [0.05, 0.1) is 21.3 Å². The van der Waals surface area contributed by atoms with E-state index < -0.39 is 68.1 Å². The van der Waals surface area contributed by atoms with Gasteiger partial charge in [-0.05, 0) is 142 Å². The Morgan fingerprint density at radius 2 is 1.16 bits per heavy atom. The van der Waals surface area contributed by atoms with Crippen LogP contribution in [0.4, 0.5) is 17.6 Å². The minimum absolute atomic E-state index is 0.000154. The van der Waals surface area contributed by atoms with Crippen LogP contribution in [0.5, 0.6) is 11.5 Å². The minimum Gasteiger partial charge on any atom is -0.456 e. The molecule has 1 aliphatic rings. The molecule has 8 rings (SSSR count). The molecule has 17 heteroatoms. The van der Waals surface area contributed by atoms with Gasteiger partial charge in [0.15, 0.2) is 28.2 Å². The van der Waals surface area contributed by atoms with E-state index in [-0.39, 0.29) is 52.9 Å². The van der Waals surface area contributed by atoms with E-state index in [9.17, 15) is 25.3 Å². The van der Waals surface area contributed by atoms with Gasteiger partial charge in [-0.3, -0.25) is 4.18 Å². The van der Waals surface area contributed by atoms with Gasteiger partial charge in [0.25, 0.3) is 30.2 Å². The Labute approximate surface area is 478 Å². The summed E-state index contributed by atoms with van der Waals surface area (Å²) in [6.45, 7) is 18.8. The molecular formula is C64H67F4NO8S4. The fourth-order valence-electron chi connectivity index (χ4n) is 10.3. The van der Waals surface area contributed by atoms with Crippen LogP contribution in [-0.4, -0.2) is 37.6 Å². The van der Waals surface area contributed by atoms with E-state index in [0.29, 0.717) is 65.3 Å². The third-order valence-corrected chi connectivity index (χ3v) is 20.4. The normalized spacial score (nSPS) is 13.1. The highest BCUT2D eigenvalue weighted by Crippen LogP contribution is 2.41. The molecule has 1 heterocycles. The molecule has 0 saturated carbocycles. The highest BCUT2D eigenvalue weighted by atomic mass is 32.3. The Morgan fingerprint density at radius 1 is 0.580 bits per heavy atom. The summed E-state index contributed by atoms with van der Waals surface area (Å²) in [5, 5.41) is 1.25. The van der Waals surface area contributed by atoms with E-state index in [0.717, 1.165) is 39.1 Å². The van der Waals surface area contributed by atoms with Gasteiger partial charge < -0.3 is 4.74 Å². The third kappa shape index (κ3) is 13.4. The molecule has 428 valence electrons. The van der Waals surface area contributed by atoms with E-state index in [2.05, 4.69) is 97.9 Å². The molecule has 7 aromatic rings. The lowest BCUT2D eigenvalue weighted by Gasteiger charge is -2.24. The molecule has 0 bridgehead atoms. The largest absolute Gasteiger partial charge is 0.456 e. The van der Waals surface area contributed by atoms with Gasteiger partial charge in [0, 0.05) is 21.9 Å². The van der Waals surface area contributed by atoms with Crippen molar-refractivity contribution in [3.8, 4) is 11.5 Å². The first-order valence-corrected chi connectivity index (χ1v) is 32.4. The zero-order valence-corrected chi connectivity index (χ0v) is 50.1. The molecule has 7 aromatic carbocycles. The number of thioether (sulfide) groups is 1. The first-order chi connectivity index (χ1) is 38.3. The Kier molecular flexibility index (Phi) is 19.0. The Bertz CT molecular complexity index is 3910. The maximum Gasteiger partial charge on any atom is 0.296 e. The fraction of sp³-hybridized carbons (Fsp3) is 0.312. The van der Waals surface area contributed by atoms with Gasteiger partial charge in [-0.25, -0.2) is 34.4 Å². The lowest BCUT2D eigenvalue weighted by atomic mass is 9.85. The smallest absolute Gasteiger partial charge is 0.296 e. The molecule has 1 aliphatic heterocycles. The van der Waals surface area contributed by atoms with Crippen molar-refractivity contribution in [3.63, 3.8) is 0 Å². The maximum absolute atomic E-state index is 15.9. The number of nitrogens with one attached hydrogen (secondary N) is 1. The zero-order valence-electron chi connectivity index (χ0n) is 46.8. The van der Waals surface area contributed by atoms with Gasteiger partial charge in [-0.1, -0.05) is 159 Å². The quantitative estimate of drug-likeness (QED) is 0.0231. The van der Waals surface area contributed by atoms with E-state index in [1.165, 1.54) is 45.1 Å². The predicted molar refractivity (Wildman–Crippen MR) is 313 cm³/mol. The van der Waals surface area contributed by atoms with E-state index in [4.69, 9.17) is 8.92 Å². The number of ether oxygens (including phenoxy) is 1. The first-order valence-electron chi connectivity index (χ1n) is 27.1. The molecule has 0 atom stereocenters. The summed E-state index contributed by atoms with van der Waals surface area (Å²) in [6.07, 6.45) is 4.13. The average molecular weight is 1180 g/mol. The Morgan fingerprint density at radius 3 is 1.77 bits per heavy atom. The number of fused-ring (bicyclic) bond motifs is 2. The molecule has 0 aromatic heterocycles. The van der Waals surface area contributed by atoms with Crippen LogP contribution in [0.1, 0.15) is 160 Å². The highest BCUT2D eigenvalue weighted by molar-refractivity contribution is 8.04. The number of aryl methyl sites for hydroxylation is 1. The third-order valence-electron chi connectivity index (χ3n) is 14.4. The summed E-state index contributed by atoms with van der Waals surface area (Å²) >= 11 is 0.407. The van der Waals surface area contributed by atoms with Crippen LogP contribution in [0.25, 0.3) is 11.6 Å². The highest BCUT2D eigenvalue weighted by Gasteiger charge is 2.38. The number of unbranched alkanes of at least 4 members (excludes halogenated alkanes) is 3. The monoisotopic (exact) mass is 1180 g/mol. The van der Waals surface area contributed by atoms with Crippen molar-refractivity contribution in [2.75, 3.05) is 12.4 Å². The summed E-state index contributed by atoms with van der Waals surface area (Å²) in [7, 11) is -15.2. The molecule has 0 unspecified atom stereocenters. The van der Waals surface area contributed by atoms with Crippen molar-refractivity contribution < 1.29 is 51.7 Å². The number of halogens is 4. The number of hydrogen-bond acceptors (Lipinski definition) is 9. The molecule has 1 N–H and O–H groups in total. The van der Waals surface area contributed by atoms with Crippen molar-refractivity contribution in [1.29, 1.82) is 0 Å². The molecule has 0 fully saturated rings. The van der Waals surface area contributed by atoms with Crippen LogP contribution in [-0.2, 0) is 40.8 Å². The van der Waals surface area contributed by atoms with Crippen LogP contribution in [0.15, 0.2) is 141 Å². The number of rotatable bonds is 22. The van der Waals surface area contributed by atoms with Gasteiger partial charge in [-0.2, -0.15) is 8.42 Å². The summed E-state index contributed by atoms with van der Waals surface area (Å²) in [6, 6.07) is 35.5. The number of benzene rings is 7. The van der Waals surface area contributed by atoms with Crippen molar-refractivity contribution >= 4 is 53.6 Å². The van der Waals surface area contributed by atoms with E-state index in [1.807, 2.05) is 37.3 Å². The second-order valence-electron chi connectivity index (χ2n) is 21.6. The number of hydrogen-bond donors (Lipinski definition) is 1. The summed E-state index contributed by atoms with van der Waals surface area (Å²) < 4.78 is 159. The lowest BCUT2D eigenvalue weighted by molar-refractivity contribution is 0.307. The summed E-state index contributed by atoms with van der Waals surface area (Å²) in [5.74, 6) is -7.06. The van der Waals surface area contributed by atoms with Gasteiger partial charge >= 0.3 is 0 Å². The Balaban J connectivity index is 1.12. The van der Waals surface area contributed by atoms with E-state index >= 15 is 17.6 Å². The molecule has 0 saturated heterocycles. The fourth-order valence-corrected chi connectivity index (χ4v) is 15.4. The first kappa shape index (κ1) is 61.0. The Hall–Kier alpha value is -6.08. The SMILES string of the molecule is Cc1ccc(S(=O)(=O)OCCCCCCSc2c(F)c(F)c(S(=O)(=O)NS(=O)(=O)c3ccccc3C3=c4cc/c(=C\c5c(C(C)C)cccc5C(C)C)cc4Oc4cc(Cc5c(C(C)C)cccc5C(C)C)ccc43)c(F)c2F)cc1. The van der Waals surface area contributed by atoms with Crippen LogP contribution < -0.4 is 19.3 Å². The average Bonchev–Trinajstić information content (AvgIpc) is 3.46. The van der Waals surface area contributed by atoms with Crippen LogP contribution in [0.2, 0.25) is 0 Å². The molecule has 0 spiro atoms. The second-order valence-corrected chi connectivity index (χ2v) is 27.9. The van der Waals surface area contributed by atoms with Crippen LogP contribution in [0, 0.1) is 30.2 Å². The predicted octanol–water partition coefficient (Wildman–Crippen LogP) is 14.5. The van der Waals surface area contributed by atoms with Gasteiger partial charge in [0.2, 0.25) is 0 Å². The van der Waals surface area contributed by atoms with Gasteiger partial charge in [-0.15, -0.1) is 15.9 Å². The molecule has 81 heavy (non-hydrogen) atoms. The zero-order chi connectivity index (χ0) is 58.7. The molecule has 0 aliphatic carbocycles. The molecule has 0 radical (unpaired) electrons. The van der Waals surface area contributed by atoms with E-state index in [1.54, 1.807) is 24.3 Å². The summed E-state index contributed by atoms with van der Waals surface area (Å²) in [4.78, 5) is -3.88. The van der Waals surface area contributed by atoms with Crippen molar-refractivity contribution in [2.45, 2.75) is 138 Å². The lowest BCUT2D eigenvalue weighted by Crippen LogP contribution is -2.33. The minimum atomic E-state index is -5.91. The summed E-state index contributed by atoms with van der Waals surface area (Å²) in [5.41, 5.74) is 9.60. The second kappa shape index (κ2) is 25.2. The van der Waals surface area contributed by atoms with Crippen molar-refractivity contribution in [2.24, 2.45) is 0 Å². The molecule has 0 amide bonds. The van der Waals surface area contributed by atoms with Crippen molar-refractivity contribution in [3.05, 3.63) is 211 Å². The number of sulfonamides is 2. The van der Waals surface area contributed by atoms with Gasteiger partial charge in [0.1, 0.15) is 11.5 Å². The molecular weight excluding hydrogens is 1110 g/mol. The molecule has 9 nitrogen and oxygen atoms in total. The maximum atomic E-state index is 15.9. The van der Waals surface area contributed by atoms with Crippen LogP contribution >= 0.6 is 11.8 Å². The topological polar surface area (TPSA) is 133 Å². The van der Waals surface area contributed by atoms with Crippen molar-refractivity contribution in [1.82, 2.24) is 4.13 Å². The van der Waals surface area contributed by atoms with Crippen LogP contribution in [0.3, 0.4) is 0 Å².